The van der Waals surface area contributed by atoms with E-state index in [2.05, 4.69) is 211 Å². The van der Waals surface area contributed by atoms with Gasteiger partial charge in [-0.1, -0.05) is 170 Å². The standard InChI is InChI=1S/C54H35NOS/c1-2-16-36(17-3-1)39-18-4-5-19-41(39)42-20-6-7-21-43(42)44-22-8-11-27-48(44)55(49-28-15-30-51-53(49)47-24-9-12-29-50(47)56-51)38-34-32-37(33-35-38)40-25-14-26-46-45-23-10-13-31-52(45)57-54(40)46/h1-35H. The fourth-order valence-corrected chi connectivity index (χ4v) is 9.79. The van der Waals surface area contributed by atoms with E-state index in [0.717, 1.165) is 44.6 Å². The maximum absolute atomic E-state index is 6.48. The van der Waals surface area contributed by atoms with E-state index in [0.29, 0.717) is 0 Å². The number of benzene rings is 9. The van der Waals surface area contributed by atoms with E-state index in [4.69, 9.17) is 4.42 Å². The van der Waals surface area contributed by atoms with Crippen molar-refractivity contribution in [3.8, 4) is 44.5 Å². The molecule has 0 fully saturated rings. The molecule has 0 saturated carbocycles. The maximum atomic E-state index is 6.48. The molecule has 0 spiro atoms. The molecule has 0 unspecified atom stereocenters. The number of rotatable bonds is 7. The normalized spacial score (nSPS) is 11.5. The van der Waals surface area contributed by atoms with Gasteiger partial charge in [0.05, 0.1) is 16.8 Å². The van der Waals surface area contributed by atoms with Gasteiger partial charge < -0.3 is 9.32 Å². The molecule has 0 saturated heterocycles. The predicted octanol–water partition coefficient (Wildman–Crippen LogP) is 16.1. The van der Waals surface area contributed by atoms with Crippen LogP contribution in [0.15, 0.2) is 217 Å². The molecule has 2 heterocycles. The first-order chi connectivity index (χ1) is 28.3. The predicted molar refractivity (Wildman–Crippen MR) is 243 cm³/mol. The molecule has 11 rings (SSSR count). The van der Waals surface area contributed by atoms with Crippen LogP contribution in [0, 0.1) is 0 Å². The number of hydrogen-bond donors (Lipinski definition) is 0. The van der Waals surface area contributed by atoms with Crippen molar-refractivity contribution in [2.24, 2.45) is 0 Å². The average molecular weight is 746 g/mol. The van der Waals surface area contributed by atoms with E-state index in [1.54, 1.807) is 0 Å². The monoisotopic (exact) mass is 745 g/mol. The molecule has 0 amide bonds. The second-order valence-electron chi connectivity index (χ2n) is 14.4. The Morgan fingerprint density at radius 3 is 1.67 bits per heavy atom. The Balaban J connectivity index is 1.12. The van der Waals surface area contributed by atoms with Crippen molar-refractivity contribution in [1.29, 1.82) is 0 Å². The fraction of sp³-hybridized carbons (Fsp3) is 0. The van der Waals surface area contributed by atoms with Crippen LogP contribution in [-0.2, 0) is 0 Å². The molecule has 2 aromatic heterocycles. The molecule has 9 aromatic carbocycles. The number of hydrogen-bond acceptors (Lipinski definition) is 3. The highest BCUT2D eigenvalue weighted by molar-refractivity contribution is 7.26. The van der Waals surface area contributed by atoms with Gasteiger partial charge in [-0.25, -0.2) is 0 Å². The third kappa shape index (κ3) is 5.63. The van der Waals surface area contributed by atoms with Gasteiger partial charge in [0, 0.05) is 36.8 Å². The number of para-hydroxylation sites is 2. The summed E-state index contributed by atoms with van der Waals surface area (Å²) in [6, 6.07) is 76.3. The Morgan fingerprint density at radius 1 is 0.333 bits per heavy atom. The summed E-state index contributed by atoms with van der Waals surface area (Å²) in [5, 5.41) is 4.80. The lowest BCUT2D eigenvalue weighted by Gasteiger charge is -2.29. The van der Waals surface area contributed by atoms with Crippen molar-refractivity contribution < 1.29 is 4.42 Å². The van der Waals surface area contributed by atoms with E-state index >= 15 is 0 Å². The molecular weight excluding hydrogens is 711 g/mol. The third-order valence-electron chi connectivity index (χ3n) is 11.1. The first-order valence-corrected chi connectivity index (χ1v) is 20.2. The molecule has 0 atom stereocenters. The molecule has 0 aliphatic carbocycles. The zero-order valence-electron chi connectivity index (χ0n) is 31.0. The Hall–Kier alpha value is -7.20. The van der Waals surface area contributed by atoms with Gasteiger partial charge in [-0.05, 0) is 81.4 Å². The largest absolute Gasteiger partial charge is 0.456 e. The summed E-state index contributed by atoms with van der Waals surface area (Å²) < 4.78 is 9.11. The third-order valence-corrected chi connectivity index (χ3v) is 12.3. The summed E-state index contributed by atoms with van der Waals surface area (Å²) in [7, 11) is 0. The molecule has 0 radical (unpaired) electrons. The summed E-state index contributed by atoms with van der Waals surface area (Å²) in [6.45, 7) is 0. The molecule has 57 heavy (non-hydrogen) atoms. The van der Waals surface area contributed by atoms with Crippen molar-refractivity contribution in [2.75, 3.05) is 4.90 Å². The molecule has 0 N–H and O–H groups in total. The topological polar surface area (TPSA) is 16.4 Å². The zero-order valence-corrected chi connectivity index (χ0v) is 31.8. The minimum atomic E-state index is 0.862. The Kier molecular flexibility index (Phi) is 8.04. The van der Waals surface area contributed by atoms with Crippen molar-refractivity contribution in [3.63, 3.8) is 0 Å². The Bertz CT molecular complexity index is 3250. The van der Waals surface area contributed by atoms with Gasteiger partial charge in [0.25, 0.3) is 0 Å². The lowest BCUT2D eigenvalue weighted by molar-refractivity contribution is 0.669. The minimum Gasteiger partial charge on any atom is -0.456 e. The average Bonchev–Trinajstić information content (AvgIpc) is 3.87. The van der Waals surface area contributed by atoms with Crippen LogP contribution in [0.4, 0.5) is 17.1 Å². The van der Waals surface area contributed by atoms with Gasteiger partial charge in [0.1, 0.15) is 11.2 Å². The summed E-state index contributed by atoms with van der Waals surface area (Å²) in [5.41, 5.74) is 14.5. The second kappa shape index (κ2) is 13.8. The van der Waals surface area contributed by atoms with Gasteiger partial charge in [0.15, 0.2) is 0 Å². The quantitative estimate of drug-likeness (QED) is 0.162. The van der Waals surface area contributed by atoms with E-state index in [1.807, 2.05) is 17.4 Å². The SMILES string of the molecule is c1ccc(-c2ccccc2-c2ccccc2-c2ccccc2N(c2ccc(-c3cccc4c3sc3ccccc34)cc2)c2cccc3oc4ccccc4c23)cc1. The van der Waals surface area contributed by atoms with Gasteiger partial charge in [-0.3, -0.25) is 0 Å². The number of anilines is 3. The highest BCUT2D eigenvalue weighted by Crippen LogP contribution is 2.48. The molecular formula is C54H35NOS. The van der Waals surface area contributed by atoms with Gasteiger partial charge in [-0.15, -0.1) is 11.3 Å². The molecule has 0 aliphatic rings. The second-order valence-corrected chi connectivity index (χ2v) is 15.4. The van der Waals surface area contributed by atoms with E-state index < -0.39 is 0 Å². The Morgan fingerprint density at radius 2 is 0.860 bits per heavy atom. The van der Waals surface area contributed by atoms with Crippen LogP contribution in [-0.4, -0.2) is 0 Å². The molecule has 0 bridgehead atoms. The molecule has 0 aliphatic heterocycles. The lowest BCUT2D eigenvalue weighted by atomic mass is 9.88. The van der Waals surface area contributed by atoms with Crippen molar-refractivity contribution in [3.05, 3.63) is 212 Å². The van der Waals surface area contributed by atoms with Crippen LogP contribution >= 0.6 is 11.3 Å². The minimum absolute atomic E-state index is 0.862. The van der Waals surface area contributed by atoms with E-state index in [1.165, 1.54) is 59.1 Å². The lowest BCUT2D eigenvalue weighted by Crippen LogP contribution is -2.11. The highest BCUT2D eigenvalue weighted by Gasteiger charge is 2.23. The van der Waals surface area contributed by atoms with Crippen LogP contribution in [0.3, 0.4) is 0 Å². The number of thiophene rings is 1. The zero-order chi connectivity index (χ0) is 37.7. The first-order valence-electron chi connectivity index (χ1n) is 19.3. The first kappa shape index (κ1) is 33.2. The fourth-order valence-electron chi connectivity index (χ4n) is 8.55. The van der Waals surface area contributed by atoms with Crippen LogP contribution in [0.1, 0.15) is 0 Å². The van der Waals surface area contributed by atoms with Crippen molar-refractivity contribution in [1.82, 2.24) is 0 Å². The number of nitrogens with zero attached hydrogens (tertiary/aromatic N) is 1. The summed E-state index contributed by atoms with van der Waals surface area (Å²) in [6.07, 6.45) is 0. The molecule has 3 heteroatoms. The van der Waals surface area contributed by atoms with Gasteiger partial charge in [-0.2, -0.15) is 0 Å². The summed E-state index contributed by atoms with van der Waals surface area (Å²) in [5.74, 6) is 0. The van der Waals surface area contributed by atoms with Crippen LogP contribution in [0.25, 0.3) is 86.6 Å². The maximum Gasteiger partial charge on any atom is 0.137 e. The summed E-state index contributed by atoms with van der Waals surface area (Å²) in [4.78, 5) is 2.42. The van der Waals surface area contributed by atoms with E-state index in [-0.39, 0.29) is 0 Å². The van der Waals surface area contributed by atoms with Crippen molar-refractivity contribution >= 4 is 70.5 Å². The number of fused-ring (bicyclic) bond motifs is 6. The summed E-state index contributed by atoms with van der Waals surface area (Å²) >= 11 is 1.87. The van der Waals surface area contributed by atoms with E-state index in [9.17, 15) is 0 Å². The molecule has 268 valence electrons. The Labute approximate surface area is 335 Å². The van der Waals surface area contributed by atoms with Crippen LogP contribution < -0.4 is 4.90 Å². The molecule has 11 aromatic rings. The van der Waals surface area contributed by atoms with Gasteiger partial charge in [0.2, 0.25) is 0 Å². The number of furan rings is 1. The molecule has 2 nitrogen and oxygen atoms in total. The van der Waals surface area contributed by atoms with Crippen LogP contribution in [0.5, 0.6) is 0 Å². The smallest absolute Gasteiger partial charge is 0.137 e. The highest BCUT2D eigenvalue weighted by atomic mass is 32.1. The van der Waals surface area contributed by atoms with Crippen LogP contribution in [0.2, 0.25) is 0 Å². The van der Waals surface area contributed by atoms with Gasteiger partial charge >= 0.3 is 0 Å². The van der Waals surface area contributed by atoms with Crippen molar-refractivity contribution in [2.45, 2.75) is 0 Å².